The Kier molecular flexibility index (Phi) is 4.82. The molecule has 0 aromatic carbocycles. The number of sulfonamides is 1. The number of furan rings is 1. The zero-order valence-electron chi connectivity index (χ0n) is 12.3. The Balaban J connectivity index is 2.12. The fraction of sp³-hybridized carbons (Fsp3) is 0.462. The van der Waals surface area contributed by atoms with Crippen LogP contribution in [0.25, 0.3) is 0 Å². The molecule has 0 unspecified atom stereocenters. The van der Waals surface area contributed by atoms with Gasteiger partial charge in [-0.25, -0.2) is 18.1 Å². The van der Waals surface area contributed by atoms with Crippen LogP contribution in [-0.4, -0.2) is 19.9 Å². The molecule has 0 atom stereocenters. The molecule has 0 bridgehead atoms. The van der Waals surface area contributed by atoms with Gasteiger partial charge in [-0.05, 0) is 20.8 Å². The molecule has 0 saturated heterocycles. The van der Waals surface area contributed by atoms with Gasteiger partial charge in [-0.1, -0.05) is 0 Å². The first-order valence-electron chi connectivity index (χ1n) is 6.54. The molecular weight excluding hydrogens is 310 g/mol. The summed E-state index contributed by atoms with van der Waals surface area (Å²) in [5.41, 5.74) is 7.04. The molecule has 8 heteroatoms. The Morgan fingerprint density at radius 3 is 2.62 bits per heavy atom. The van der Waals surface area contributed by atoms with E-state index in [1.54, 1.807) is 25.2 Å². The minimum absolute atomic E-state index is 0.130. The molecule has 116 valence electrons. The topological polar surface area (TPSA) is 98.2 Å². The Labute approximate surface area is 128 Å². The third kappa shape index (κ3) is 3.52. The van der Waals surface area contributed by atoms with Crippen LogP contribution in [0.1, 0.15) is 27.8 Å². The van der Waals surface area contributed by atoms with Gasteiger partial charge >= 0.3 is 0 Å². The Morgan fingerprint density at radius 1 is 1.33 bits per heavy atom. The molecule has 0 fully saturated rings. The van der Waals surface area contributed by atoms with E-state index in [1.807, 2.05) is 12.3 Å². The van der Waals surface area contributed by atoms with Gasteiger partial charge in [0.15, 0.2) is 0 Å². The van der Waals surface area contributed by atoms with Crippen LogP contribution in [0.15, 0.2) is 14.7 Å². The van der Waals surface area contributed by atoms with Gasteiger partial charge in [0.05, 0.1) is 10.7 Å². The third-order valence-corrected chi connectivity index (χ3v) is 5.62. The van der Waals surface area contributed by atoms with E-state index in [0.29, 0.717) is 30.0 Å². The molecule has 0 spiro atoms. The van der Waals surface area contributed by atoms with Crippen molar-refractivity contribution in [3.8, 4) is 0 Å². The van der Waals surface area contributed by atoms with Gasteiger partial charge < -0.3 is 10.2 Å². The number of nitrogens with one attached hydrogen (secondary N) is 1. The fourth-order valence-electron chi connectivity index (χ4n) is 2.21. The highest BCUT2D eigenvalue weighted by atomic mass is 32.2. The average molecular weight is 329 g/mol. The third-order valence-electron chi connectivity index (χ3n) is 3.14. The molecule has 0 radical (unpaired) electrons. The van der Waals surface area contributed by atoms with Crippen LogP contribution in [0, 0.1) is 20.8 Å². The van der Waals surface area contributed by atoms with Crippen LogP contribution >= 0.6 is 11.3 Å². The van der Waals surface area contributed by atoms with E-state index < -0.39 is 10.0 Å². The SMILES string of the molecule is Cc1nc(CCNS(=O)(=O)c2c(C)oc(C)c2CN)cs1. The Morgan fingerprint density at radius 2 is 2.05 bits per heavy atom. The summed E-state index contributed by atoms with van der Waals surface area (Å²) in [7, 11) is -3.62. The van der Waals surface area contributed by atoms with Crippen molar-refractivity contribution in [2.75, 3.05) is 6.54 Å². The maximum atomic E-state index is 12.4. The molecule has 2 rings (SSSR count). The van der Waals surface area contributed by atoms with Gasteiger partial charge in [0, 0.05) is 30.5 Å². The highest BCUT2D eigenvalue weighted by Gasteiger charge is 2.25. The first kappa shape index (κ1) is 16.2. The monoisotopic (exact) mass is 329 g/mol. The number of thiazole rings is 1. The van der Waals surface area contributed by atoms with E-state index >= 15 is 0 Å². The molecule has 2 aromatic heterocycles. The number of nitrogens with zero attached hydrogens (tertiary/aromatic N) is 1. The molecular formula is C13H19N3O3S2. The van der Waals surface area contributed by atoms with Gasteiger partial charge in [0.2, 0.25) is 10.0 Å². The number of aromatic nitrogens is 1. The van der Waals surface area contributed by atoms with E-state index in [2.05, 4.69) is 9.71 Å². The van der Waals surface area contributed by atoms with Gasteiger partial charge in [0.25, 0.3) is 0 Å². The first-order chi connectivity index (χ1) is 9.85. The summed E-state index contributed by atoms with van der Waals surface area (Å²) in [5, 5.41) is 2.90. The highest BCUT2D eigenvalue weighted by molar-refractivity contribution is 7.89. The zero-order valence-corrected chi connectivity index (χ0v) is 13.9. The maximum absolute atomic E-state index is 12.4. The van der Waals surface area contributed by atoms with Crippen LogP contribution in [0.3, 0.4) is 0 Å². The predicted molar refractivity (Wildman–Crippen MR) is 81.8 cm³/mol. The second-order valence-electron chi connectivity index (χ2n) is 4.73. The lowest BCUT2D eigenvalue weighted by molar-refractivity contribution is 0.494. The van der Waals surface area contributed by atoms with Gasteiger partial charge in [0.1, 0.15) is 16.4 Å². The van der Waals surface area contributed by atoms with E-state index in [1.165, 1.54) is 0 Å². The quantitative estimate of drug-likeness (QED) is 0.839. The summed E-state index contributed by atoms with van der Waals surface area (Å²) < 4.78 is 32.8. The van der Waals surface area contributed by atoms with Crippen molar-refractivity contribution >= 4 is 21.4 Å². The molecule has 3 N–H and O–H groups in total. The molecule has 0 aliphatic heterocycles. The number of hydrogen-bond donors (Lipinski definition) is 2. The fourth-order valence-corrected chi connectivity index (χ4v) is 4.34. The predicted octanol–water partition coefficient (Wildman–Crippen LogP) is 1.64. The first-order valence-corrected chi connectivity index (χ1v) is 8.91. The highest BCUT2D eigenvalue weighted by Crippen LogP contribution is 2.25. The van der Waals surface area contributed by atoms with Crippen LogP contribution < -0.4 is 10.5 Å². The summed E-state index contributed by atoms with van der Waals surface area (Å²) in [4.78, 5) is 4.47. The van der Waals surface area contributed by atoms with Crippen LogP contribution in [-0.2, 0) is 23.0 Å². The maximum Gasteiger partial charge on any atom is 0.244 e. The van der Waals surface area contributed by atoms with E-state index in [0.717, 1.165) is 10.7 Å². The Hall–Kier alpha value is -1.22. The van der Waals surface area contributed by atoms with E-state index in [-0.39, 0.29) is 11.4 Å². The smallest absolute Gasteiger partial charge is 0.244 e. The summed E-state index contributed by atoms with van der Waals surface area (Å²) in [6, 6.07) is 0. The zero-order chi connectivity index (χ0) is 15.6. The summed E-state index contributed by atoms with van der Waals surface area (Å²) in [6.45, 7) is 5.68. The molecule has 2 aromatic rings. The summed E-state index contributed by atoms with van der Waals surface area (Å²) in [5.74, 6) is 0.912. The van der Waals surface area contributed by atoms with Crippen molar-refractivity contribution in [2.24, 2.45) is 5.73 Å². The van der Waals surface area contributed by atoms with Gasteiger partial charge in [-0.3, -0.25) is 0 Å². The van der Waals surface area contributed by atoms with Crippen LogP contribution in [0.2, 0.25) is 0 Å². The summed E-state index contributed by atoms with van der Waals surface area (Å²) >= 11 is 1.55. The number of rotatable bonds is 6. The molecule has 0 aliphatic rings. The van der Waals surface area contributed by atoms with Crippen molar-refractivity contribution in [1.29, 1.82) is 0 Å². The number of hydrogen-bond acceptors (Lipinski definition) is 6. The molecule has 0 aliphatic carbocycles. The standard InChI is InChI=1S/C13H19N3O3S2/c1-8-12(6-14)13(9(2)19-8)21(17,18)15-5-4-11-7-20-10(3)16-11/h7,15H,4-6,14H2,1-3H3. The largest absolute Gasteiger partial charge is 0.465 e. The van der Waals surface area contributed by atoms with Crippen LogP contribution in [0.5, 0.6) is 0 Å². The number of nitrogens with two attached hydrogens (primary N) is 1. The molecule has 21 heavy (non-hydrogen) atoms. The van der Waals surface area contributed by atoms with Crippen molar-refractivity contribution in [2.45, 2.75) is 38.6 Å². The number of aryl methyl sites for hydroxylation is 3. The van der Waals surface area contributed by atoms with E-state index in [9.17, 15) is 8.42 Å². The van der Waals surface area contributed by atoms with Crippen molar-refractivity contribution < 1.29 is 12.8 Å². The normalized spacial score (nSPS) is 12.0. The molecule has 0 saturated carbocycles. The van der Waals surface area contributed by atoms with Crippen molar-refractivity contribution in [3.05, 3.63) is 33.2 Å². The second kappa shape index (κ2) is 6.27. The second-order valence-corrected chi connectivity index (χ2v) is 7.50. The lowest BCUT2D eigenvalue weighted by atomic mass is 10.2. The molecule has 0 amide bonds. The average Bonchev–Trinajstić information content (AvgIpc) is 2.92. The minimum atomic E-state index is -3.62. The van der Waals surface area contributed by atoms with Gasteiger partial charge in [-0.2, -0.15) is 0 Å². The van der Waals surface area contributed by atoms with Crippen LogP contribution in [0.4, 0.5) is 0 Å². The Bertz CT molecular complexity index is 732. The van der Waals surface area contributed by atoms with Crippen molar-refractivity contribution in [1.82, 2.24) is 9.71 Å². The van der Waals surface area contributed by atoms with Gasteiger partial charge in [-0.15, -0.1) is 11.3 Å². The van der Waals surface area contributed by atoms with E-state index in [4.69, 9.17) is 10.2 Å². The summed E-state index contributed by atoms with van der Waals surface area (Å²) in [6.07, 6.45) is 0.553. The molecule has 2 heterocycles. The lowest BCUT2D eigenvalue weighted by Crippen LogP contribution is -2.27. The molecule has 6 nitrogen and oxygen atoms in total. The minimum Gasteiger partial charge on any atom is -0.465 e. The lowest BCUT2D eigenvalue weighted by Gasteiger charge is -2.07. The van der Waals surface area contributed by atoms with Crippen molar-refractivity contribution in [3.63, 3.8) is 0 Å².